The Kier molecular flexibility index (Phi) is 4.77. The van der Waals surface area contributed by atoms with Crippen LogP contribution < -0.4 is 5.46 Å². The number of hydrogen-bond donors (Lipinski definition) is 2. The van der Waals surface area contributed by atoms with Gasteiger partial charge in [-0.25, -0.2) is 0 Å². The molecule has 0 radical (unpaired) electrons. The summed E-state index contributed by atoms with van der Waals surface area (Å²) < 4.78 is 5.40. The van der Waals surface area contributed by atoms with Crippen LogP contribution >= 0.6 is 0 Å². The van der Waals surface area contributed by atoms with Gasteiger partial charge in [0, 0.05) is 20.2 Å². The van der Waals surface area contributed by atoms with Crippen molar-refractivity contribution in [1.29, 1.82) is 0 Å². The molecule has 1 aromatic rings. The molecule has 1 atom stereocenters. The third kappa shape index (κ3) is 3.56. The van der Waals surface area contributed by atoms with E-state index in [0.29, 0.717) is 11.6 Å². The molecule has 98 valence electrons. The predicted molar refractivity (Wildman–Crippen MR) is 71.6 cm³/mol. The average molecular weight is 249 g/mol. The van der Waals surface area contributed by atoms with Gasteiger partial charge >= 0.3 is 7.12 Å². The van der Waals surface area contributed by atoms with E-state index in [2.05, 4.69) is 4.90 Å². The minimum Gasteiger partial charge on any atom is -0.423 e. The van der Waals surface area contributed by atoms with Gasteiger partial charge in [0.2, 0.25) is 0 Å². The van der Waals surface area contributed by atoms with E-state index < -0.39 is 7.12 Å². The van der Waals surface area contributed by atoms with Crippen molar-refractivity contribution in [3.63, 3.8) is 0 Å². The van der Waals surface area contributed by atoms with Gasteiger partial charge < -0.3 is 14.8 Å². The van der Waals surface area contributed by atoms with E-state index in [1.807, 2.05) is 12.1 Å². The van der Waals surface area contributed by atoms with Crippen LogP contribution in [0.3, 0.4) is 0 Å². The molecule has 0 spiro atoms. The molecular weight excluding hydrogens is 229 g/mol. The first-order valence-electron chi connectivity index (χ1n) is 6.39. The SMILES string of the molecule is COC1CCCN(Cc2ccc(B(O)O)cc2)C1. The second-order valence-corrected chi connectivity index (χ2v) is 4.85. The fraction of sp³-hybridized carbons (Fsp3) is 0.538. The van der Waals surface area contributed by atoms with E-state index >= 15 is 0 Å². The van der Waals surface area contributed by atoms with Gasteiger partial charge in [-0.1, -0.05) is 24.3 Å². The van der Waals surface area contributed by atoms with Crippen LogP contribution in [0.2, 0.25) is 0 Å². The molecule has 0 aromatic heterocycles. The number of nitrogens with zero attached hydrogens (tertiary/aromatic N) is 1. The van der Waals surface area contributed by atoms with Gasteiger partial charge in [-0.15, -0.1) is 0 Å². The van der Waals surface area contributed by atoms with Crippen molar-refractivity contribution >= 4 is 12.6 Å². The van der Waals surface area contributed by atoms with Crippen LogP contribution in [0.1, 0.15) is 18.4 Å². The molecule has 0 bridgehead atoms. The summed E-state index contributed by atoms with van der Waals surface area (Å²) in [6.07, 6.45) is 2.66. The van der Waals surface area contributed by atoms with Crippen LogP contribution in [0.4, 0.5) is 0 Å². The van der Waals surface area contributed by atoms with Gasteiger partial charge in [-0.3, -0.25) is 4.90 Å². The topological polar surface area (TPSA) is 52.9 Å². The lowest BCUT2D eigenvalue weighted by Gasteiger charge is -2.31. The number of piperidine rings is 1. The lowest BCUT2D eigenvalue weighted by molar-refractivity contribution is 0.0285. The number of hydrogen-bond acceptors (Lipinski definition) is 4. The van der Waals surface area contributed by atoms with E-state index in [1.54, 1.807) is 19.2 Å². The van der Waals surface area contributed by atoms with E-state index in [0.717, 1.165) is 26.1 Å². The first kappa shape index (κ1) is 13.6. The molecule has 1 heterocycles. The predicted octanol–water partition coefficient (Wildman–Crippen LogP) is -0.0228. The number of likely N-dealkylation sites (tertiary alicyclic amines) is 1. The summed E-state index contributed by atoms with van der Waals surface area (Å²) in [7, 11) is 0.387. The maximum Gasteiger partial charge on any atom is 0.488 e. The van der Waals surface area contributed by atoms with Gasteiger partial charge in [0.05, 0.1) is 6.10 Å². The monoisotopic (exact) mass is 249 g/mol. The quantitative estimate of drug-likeness (QED) is 0.736. The molecular formula is C13H20BNO3. The van der Waals surface area contributed by atoms with Crippen LogP contribution in [0.15, 0.2) is 24.3 Å². The molecule has 1 aliphatic rings. The maximum atomic E-state index is 9.03. The van der Waals surface area contributed by atoms with Crippen molar-refractivity contribution < 1.29 is 14.8 Å². The third-order valence-electron chi connectivity index (χ3n) is 3.48. The largest absolute Gasteiger partial charge is 0.488 e. The number of ether oxygens (including phenoxy) is 1. The molecule has 1 aromatic carbocycles. The first-order chi connectivity index (χ1) is 8.69. The normalized spacial score (nSPS) is 20.9. The van der Waals surface area contributed by atoms with Crippen LogP contribution in [0.5, 0.6) is 0 Å². The second kappa shape index (κ2) is 6.34. The lowest BCUT2D eigenvalue weighted by atomic mass is 9.80. The van der Waals surface area contributed by atoms with Crippen molar-refractivity contribution in [3.8, 4) is 0 Å². The smallest absolute Gasteiger partial charge is 0.423 e. The first-order valence-corrected chi connectivity index (χ1v) is 6.39. The van der Waals surface area contributed by atoms with Gasteiger partial charge in [-0.2, -0.15) is 0 Å². The van der Waals surface area contributed by atoms with Gasteiger partial charge in [0.15, 0.2) is 0 Å². The molecule has 2 N–H and O–H groups in total. The van der Waals surface area contributed by atoms with E-state index in [9.17, 15) is 0 Å². The van der Waals surface area contributed by atoms with Crippen LogP contribution in [0, 0.1) is 0 Å². The minimum absolute atomic E-state index is 0.345. The summed E-state index contributed by atoms with van der Waals surface area (Å²) >= 11 is 0. The van der Waals surface area contributed by atoms with Crippen molar-refractivity contribution in [2.45, 2.75) is 25.5 Å². The van der Waals surface area contributed by atoms with E-state index in [-0.39, 0.29) is 0 Å². The Morgan fingerprint density at radius 2 is 2.06 bits per heavy atom. The van der Waals surface area contributed by atoms with Crippen LogP contribution in [-0.4, -0.2) is 48.4 Å². The van der Waals surface area contributed by atoms with Crippen molar-refractivity contribution in [1.82, 2.24) is 4.90 Å². The van der Waals surface area contributed by atoms with Gasteiger partial charge in [0.25, 0.3) is 0 Å². The Hall–Kier alpha value is -0.875. The van der Waals surface area contributed by atoms with Crippen molar-refractivity contribution in [3.05, 3.63) is 29.8 Å². The highest BCUT2D eigenvalue weighted by Crippen LogP contribution is 2.15. The Bertz CT molecular complexity index is 369. The molecule has 0 aliphatic carbocycles. The van der Waals surface area contributed by atoms with E-state index in [4.69, 9.17) is 14.8 Å². The molecule has 1 saturated heterocycles. The standard InChI is InChI=1S/C13H20BNO3/c1-18-13-3-2-8-15(10-13)9-11-4-6-12(7-5-11)14(16)17/h4-7,13,16-17H,2-3,8-10H2,1H3. The molecule has 5 heteroatoms. The summed E-state index contributed by atoms with van der Waals surface area (Å²) in [4.78, 5) is 2.38. The fourth-order valence-electron chi connectivity index (χ4n) is 2.40. The molecule has 4 nitrogen and oxygen atoms in total. The molecule has 1 unspecified atom stereocenters. The molecule has 0 saturated carbocycles. The molecule has 2 rings (SSSR count). The number of rotatable bonds is 4. The summed E-state index contributed by atoms with van der Waals surface area (Å²) in [5.41, 5.74) is 1.73. The highest BCUT2D eigenvalue weighted by Gasteiger charge is 2.19. The zero-order valence-corrected chi connectivity index (χ0v) is 10.7. The second-order valence-electron chi connectivity index (χ2n) is 4.85. The summed E-state index contributed by atoms with van der Waals surface area (Å²) in [5.74, 6) is 0. The average Bonchev–Trinajstić information content (AvgIpc) is 2.39. The Morgan fingerprint density at radius 1 is 1.33 bits per heavy atom. The Labute approximate surface area is 108 Å². The Balaban J connectivity index is 1.92. The minimum atomic E-state index is -1.38. The van der Waals surface area contributed by atoms with E-state index in [1.165, 1.54) is 12.0 Å². The van der Waals surface area contributed by atoms with Gasteiger partial charge in [0.1, 0.15) is 0 Å². The molecule has 18 heavy (non-hydrogen) atoms. The number of methoxy groups -OCH3 is 1. The fourth-order valence-corrected chi connectivity index (χ4v) is 2.40. The third-order valence-corrected chi connectivity index (χ3v) is 3.48. The van der Waals surface area contributed by atoms with Crippen molar-refractivity contribution in [2.24, 2.45) is 0 Å². The highest BCUT2D eigenvalue weighted by molar-refractivity contribution is 6.58. The molecule has 1 fully saturated rings. The zero-order valence-electron chi connectivity index (χ0n) is 10.7. The van der Waals surface area contributed by atoms with Crippen LogP contribution in [-0.2, 0) is 11.3 Å². The Morgan fingerprint density at radius 3 is 2.67 bits per heavy atom. The maximum absolute atomic E-state index is 9.03. The lowest BCUT2D eigenvalue weighted by Crippen LogP contribution is -2.38. The summed E-state index contributed by atoms with van der Waals surface area (Å²) in [6, 6.07) is 7.42. The van der Waals surface area contributed by atoms with Crippen molar-refractivity contribution in [2.75, 3.05) is 20.2 Å². The van der Waals surface area contributed by atoms with Gasteiger partial charge in [-0.05, 0) is 30.4 Å². The molecule has 1 aliphatic heterocycles. The summed E-state index contributed by atoms with van der Waals surface area (Å²) in [5, 5.41) is 18.1. The summed E-state index contributed by atoms with van der Waals surface area (Å²) in [6.45, 7) is 2.97. The van der Waals surface area contributed by atoms with Crippen LogP contribution in [0.25, 0.3) is 0 Å². The highest BCUT2D eigenvalue weighted by atomic mass is 16.5. The zero-order chi connectivity index (χ0) is 13.0. The molecule has 0 amide bonds. The number of benzene rings is 1.